The molecular formula is C13H18N2O2. The zero-order valence-electron chi connectivity index (χ0n) is 10.5. The van der Waals surface area contributed by atoms with E-state index in [9.17, 15) is 0 Å². The largest absolute Gasteiger partial charge is 0.496 e. The molecule has 0 aliphatic rings. The van der Waals surface area contributed by atoms with Crippen LogP contribution in [0.5, 0.6) is 11.5 Å². The normalized spacial score (nSPS) is 10.8. The number of rotatable bonds is 4. The number of H-pyrrole nitrogens is 1. The molecule has 0 fully saturated rings. The van der Waals surface area contributed by atoms with Gasteiger partial charge >= 0.3 is 0 Å². The van der Waals surface area contributed by atoms with Gasteiger partial charge in [0.15, 0.2) is 0 Å². The van der Waals surface area contributed by atoms with Crippen LogP contribution in [0.4, 0.5) is 0 Å². The number of hydrogen-bond acceptors (Lipinski definition) is 3. The molecule has 0 radical (unpaired) electrons. The lowest BCUT2D eigenvalue weighted by molar-refractivity contribution is 0.410. The second-order valence-corrected chi connectivity index (χ2v) is 3.99. The van der Waals surface area contributed by atoms with Crippen LogP contribution in [0.15, 0.2) is 12.1 Å². The van der Waals surface area contributed by atoms with Crippen molar-refractivity contribution in [1.82, 2.24) is 4.98 Å². The zero-order valence-corrected chi connectivity index (χ0v) is 10.5. The monoisotopic (exact) mass is 234 g/mol. The molecule has 0 aliphatic heterocycles. The summed E-state index contributed by atoms with van der Waals surface area (Å²) in [5.41, 5.74) is 8.91. The first-order chi connectivity index (χ1) is 8.22. The van der Waals surface area contributed by atoms with Crippen LogP contribution in [0.3, 0.4) is 0 Å². The van der Waals surface area contributed by atoms with Gasteiger partial charge < -0.3 is 20.2 Å². The lowest BCUT2D eigenvalue weighted by Crippen LogP contribution is -2.03. The second-order valence-electron chi connectivity index (χ2n) is 3.99. The topological polar surface area (TPSA) is 60.3 Å². The van der Waals surface area contributed by atoms with E-state index in [-0.39, 0.29) is 0 Å². The molecule has 3 N–H and O–H groups in total. The van der Waals surface area contributed by atoms with Gasteiger partial charge in [-0.2, -0.15) is 0 Å². The van der Waals surface area contributed by atoms with Crippen molar-refractivity contribution in [3.8, 4) is 11.5 Å². The summed E-state index contributed by atoms with van der Waals surface area (Å²) in [6, 6.07) is 3.83. The van der Waals surface area contributed by atoms with Crippen LogP contribution in [-0.2, 0) is 6.42 Å². The molecule has 1 aromatic carbocycles. The Labute approximate surface area is 101 Å². The van der Waals surface area contributed by atoms with Gasteiger partial charge in [-0.05, 0) is 31.2 Å². The zero-order chi connectivity index (χ0) is 12.4. The van der Waals surface area contributed by atoms with Gasteiger partial charge in [-0.3, -0.25) is 0 Å². The second kappa shape index (κ2) is 4.67. The average molecular weight is 234 g/mol. The number of benzene rings is 1. The third-order valence-corrected chi connectivity index (χ3v) is 3.07. The van der Waals surface area contributed by atoms with Gasteiger partial charge in [-0.25, -0.2) is 0 Å². The summed E-state index contributed by atoms with van der Waals surface area (Å²) in [5.74, 6) is 1.69. The maximum absolute atomic E-state index is 5.61. The van der Waals surface area contributed by atoms with Crippen LogP contribution >= 0.6 is 0 Å². The smallest absolute Gasteiger partial charge is 0.143 e. The van der Waals surface area contributed by atoms with Crippen molar-refractivity contribution in [3.63, 3.8) is 0 Å². The molecule has 0 aliphatic carbocycles. The molecule has 1 heterocycles. The molecule has 0 atom stereocenters. The van der Waals surface area contributed by atoms with Gasteiger partial charge in [-0.1, -0.05) is 0 Å². The maximum Gasteiger partial charge on any atom is 0.143 e. The fourth-order valence-corrected chi connectivity index (χ4v) is 2.19. The average Bonchev–Trinajstić information content (AvgIpc) is 2.67. The van der Waals surface area contributed by atoms with Crippen LogP contribution in [0.2, 0.25) is 0 Å². The predicted molar refractivity (Wildman–Crippen MR) is 68.9 cm³/mol. The van der Waals surface area contributed by atoms with E-state index in [2.05, 4.69) is 11.9 Å². The lowest BCUT2D eigenvalue weighted by atomic mass is 10.1. The van der Waals surface area contributed by atoms with Crippen molar-refractivity contribution >= 4 is 10.9 Å². The fourth-order valence-electron chi connectivity index (χ4n) is 2.19. The summed E-state index contributed by atoms with van der Waals surface area (Å²) < 4.78 is 10.7. The minimum absolute atomic E-state index is 0.623. The minimum Gasteiger partial charge on any atom is -0.496 e. The van der Waals surface area contributed by atoms with Gasteiger partial charge in [0.1, 0.15) is 11.5 Å². The van der Waals surface area contributed by atoms with Crippen LogP contribution in [0.1, 0.15) is 11.3 Å². The molecule has 0 saturated heterocycles. The quantitative estimate of drug-likeness (QED) is 0.850. The molecule has 17 heavy (non-hydrogen) atoms. The number of aromatic nitrogens is 1. The summed E-state index contributed by atoms with van der Waals surface area (Å²) in [7, 11) is 3.34. The Morgan fingerprint density at radius 2 is 1.82 bits per heavy atom. The molecule has 4 heteroatoms. The summed E-state index contributed by atoms with van der Waals surface area (Å²) in [6.07, 6.45) is 0.826. The molecule has 92 valence electrons. The van der Waals surface area contributed by atoms with Gasteiger partial charge in [-0.15, -0.1) is 0 Å². The van der Waals surface area contributed by atoms with Crippen molar-refractivity contribution in [1.29, 1.82) is 0 Å². The predicted octanol–water partition coefficient (Wildman–Crippen LogP) is 1.99. The number of aromatic amines is 1. The Balaban J connectivity index is 2.73. The van der Waals surface area contributed by atoms with E-state index in [0.29, 0.717) is 6.54 Å². The number of methoxy groups -OCH3 is 2. The third-order valence-electron chi connectivity index (χ3n) is 3.07. The summed E-state index contributed by atoms with van der Waals surface area (Å²) in [4.78, 5) is 3.37. The molecule has 0 amide bonds. The summed E-state index contributed by atoms with van der Waals surface area (Å²) >= 11 is 0. The highest BCUT2D eigenvalue weighted by molar-refractivity contribution is 5.94. The van der Waals surface area contributed by atoms with Crippen molar-refractivity contribution in [2.24, 2.45) is 5.73 Å². The van der Waals surface area contributed by atoms with E-state index in [0.717, 1.165) is 34.5 Å². The highest BCUT2D eigenvalue weighted by Crippen LogP contribution is 2.36. The molecule has 0 unspecified atom stereocenters. The van der Waals surface area contributed by atoms with Gasteiger partial charge in [0, 0.05) is 17.5 Å². The Kier molecular flexibility index (Phi) is 3.24. The Morgan fingerprint density at radius 1 is 1.18 bits per heavy atom. The van der Waals surface area contributed by atoms with Gasteiger partial charge in [0.2, 0.25) is 0 Å². The van der Waals surface area contributed by atoms with Crippen LogP contribution < -0.4 is 15.2 Å². The standard InChI is InChI=1S/C13H18N2O2/c1-8-9(6-7-14)15-13-11(17-3)5-4-10(16-2)12(8)13/h4-5,15H,6-7,14H2,1-3H3. The van der Waals surface area contributed by atoms with Gasteiger partial charge in [0.05, 0.1) is 19.7 Å². The number of fused-ring (bicyclic) bond motifs is 1. The van der Waals surface area contributed by atoms with E-state index in [1.165, 1.54) is 5.56 Å². The maximum atomic E-state index is 5.61. The molecular weight excluding hydrogens is 216 g/mol. The third kappa shape index (κ3) is 1.85. The van der Waals surface area contributed by atoms with E-state index in [4.69, 9.17) is 15.2 Å². The Bertz CT molecular complexity index is 532. The summed E-state index contributed by atoms with van der Waals surface area (Å²) in [5, 5.41) is 1.08. The molecule has 0 spiro atoms. The van der Waals surface area contributed by atoms with Crippen molar-refractivity contribution in [3.05, 3.63) is 23.4 Å². The first-order valence-electron chi connectivity index (χ1n) is 5.65. The SMILES string of the molecule is COc1ccc(OC)c2c(C)c(CCN)[nH]c12. The molecule has 0 saturated carbocycles. The van der Waals surface area contributed by atoms with E-state index < -0.39 is 0 Å². The molecule has 0 bridgehead atoms. The number of ether oxygens (including phenoxy) is 2. The number of nitrogens with one attached hydrogen (secondary N) is 1. The molecule has 2 rings (SSSR count). The molecule has 4 nitrogen and oxygen atoms in total. The number of nitrogens with two attached hydrogens (primary N) is 1. The van der Waals surface area contributed by atoms with Crippen molar-refractivity contribution in [2.75, 3.05) is 20.8 Å². The Morgan fingerprint density at radius 3 is 2.41 bits per heavy atom. The number of hydrogen-bond donors (Lipinski definition) is 2. The van der Waals surface area contributed by atoms with Crippen LogP contribution in [-0.4, -0.2) is 25.7 Å². The summed E-state index contributed by atoms with van der Waals surface area (Å²) in [6.45, 7) is 2.70. The van der Waals surface area contributed by atoms with Gasteiger partial charge in [0.25, 0.3) is 0 Å². The van der Waals surface area contributed by atoms with Crippen molar-refractivity contribution in [2.45, 2.75) is 13.3 Å². The van der Waals surface area contributed by atoms with E-state index in [1.807, 2.05) is 12.1 Å². The molecule has 1 aromatic heterocycles. The first kappa shape index (κ1) is 11.8. The highest BCUT2D eigenvalue weighted by atomic mass is 16.5. The van der Waals surface area contributed by atoms with E-state index in [1.54, 1.807) is 14.2 Å². The van der Waals surface area contributed by atoms with Crippen LogP contribution in [0.25, 0.3) is 10.9 Å². The van der Waals surface area contributed by atoms with Crippen molar-refractivity contribution < 1.29 is 9.47 Å². The fraction of sp³-hybridized carbons (Fsp3) is 0.385. The molecule has 2 aromatic rings. The highest BCUT2D eigenvalue weighted by Gasteiger charge is 2.15. The van der Waals surface area contributed by atoms with Crippen LogP contribution in [0, 0.1) is 6.92 Å². The minimum atomic E-state index is 0.623. The lowest BCUT2D eigenvalue weighted by Gasteiger charge is -2.06. The Hall–Kier alpha value is -1.68. The van der Waals surface area contributed by atoms with E-state index >= 15 is 0 Å². The number of aryl methyl sites for hydroxylation is 1. The first-order valence-corrected chi connectivity index (χ1v) is 5.65.